The summed E-state index contributed by atoms with van der Waals surface area (Å²) >= 11 is 0. The van der Waals surface area contributed by atoms with Crippen LogP contribution in [0.2, 0.25) is 0 Å². The number of carbonyl (C=O) groups excluding carboxylic acids is 1. The fourth-order valence-electron chi connectivity index (χ4n) is 2.91. The molecule has 4 heteroatoms. The van der Waals surface area contributed by atoms with Crippen molar-refractivity contribution in [2.24, 2.45) is 5.92 Å². The van der Waals surface area contributed by atoms with E-state index in [1.54, 1.807) is 18.2 Å². The molecule has 1 heterocycles. The normalized spacial score (nSPS) is 16.4. The Morgan fingerprint density at radius 2 is 2.19 bits per heavy atom. The van der Waals surface area contributed by atoms with Crippen molar-refractivity contribution < 1.29 is 4.79 Å². The van der Waals surface area contributed by atoms with Crippen LogP contribution in [0.15, 0.2) is 24.3 Å². The first-order chi connectivity index (χ1) is 10.2. The highest BCUT2D eigenvalue weighted by atomic mass is 16.2. The molecule has 0 spiro atoms. The molecule has 1 N–H and O–H groups in total. The van der Waals surface area contributed by atoms with Gasteiger partial charge in [-0.2, -0.15) is 5.26 Å². The van der Waals surface area contributed by atoms with E-state index in [2.05, 4.69) is 23.2 Å². The molecule has 1 aromatic carbocycles. The zero-order chi connectivity index (χ0) is 15.1. The molecule has 0 aliphatic carbocycles. The molecule has 2 rings (SSSR count). The SMILES string of the molecule is CCCC1CCN(CC(=O)Nc2cccc(C#N)c2)CC1. The van der Waals surface area contributed by atoms with E-state index in [0.29, 0.717) is 17.8 Å². The average molecular weight is 285 g/mol. The van der Waals surface area contributed by atoms with Crippen molar-refractivity contribution in [3.05, 3.63) is 29.8 Å². The molecule has 0 bridgehead atoms. The highest BCUT2D eigenvalue weighted by molar-refractivity contribution is 5.92. The molecule has 0 atom stereocenters. The van der Waals surface area contributed by atoms with Gasteiger partial charge in [0, 0.05) is 5.69 Å². The summed E-state index contributed by atoms with van der Waals surface area (Å²) in [5.74, 6) is 0.834. The van der Waals surface area contributed by atoms with Crippen LogP contribution in [0.4, 0.5) is 5.69 Å². The summed E-state index contributed by atoms with van der Waals surface area (Å²) < 4.78 is 0. The maximum atomic E-state index is 12.1. The highest BCUT2D eigenvalue weighted by Crippen LogP contribution is 2.21. The zero-order valence-electron chi connectivity index (χ0n) is 12.6. The molecule has 0 saturated carbocycles. The van der Waals surface area contributed by atoms with Gasteiger partial charge >= 0.3 is 0 Å². The van der Waals surface area contributed by atoms with Crippen LogP contribution in [-0.2, 0) is 4.79 Å². The standard InChI is InChI=1S/C17H23N3O/c1-2-4-14-7-9-20(10-8-14)13-17(21)19-16-6-3-5-15(11-16)12-18/h3,5-6,11,14H,2,4,7-10,13H2,1H3,(H,19,21). The van der Waals surface area contributed by atoms with Crippen LogP contribution in [-0.4, -0.2) is 30.4 Å². The number of amides is 1. The van der Waals surface area contributed by atoms with Crippen LogP contribution in [0, 0.1) is 17.2 Å². The van der Waals surface area contributed by atoms with Crippen molar-refractivity contribution >= 4 is 11.6 Å². The Balaban J connectivity index is 1.79. The Morgan fingerprint density at radius 3 is 2.86 bits per heavy atom. The maximum absolute atomic E-state index is 12.1. The van der Waals surface area contributed by atoms with Gasteiger partial charge in [-0.05, 0) is 50.0 Å². The van der Waals surface area contributed by atoms with Gasteiger partial charge in [0.1, 0.15) is 0 Å². The fraction of sp³-hybridized carbons (Fsp3) is 0.529. The molecule has 1 amide bonds. The number of likely N-dealkylation sites (tertiary alicyclic amines) is 1. The summed E-state index contributed by atoms with van der Waals surface area (Å²) in [6.45, 7) is 4.69. The lowest BCUT2D eigenvalue weighted by Gasteiger charge is -2.31. The Labute approximate surface area is 126 Å². The third-order valence-electron chi connectivity index (χ3n) is 4.05. The van der Waals surface area contributed by atoms with Crippen molar-refractivity contribution in [1.29, 1.82) is 5.26 Å². The van der Waals surface area contributed by atoms with Crippen molar-refractivity contribution in [2.75, 3.05) is 25.0 Å². The van der Waals surface area contributed by atoms with E-state index in [1.165, 1.54) is 25.7 Å². The molecular weight excluding hydrogens is 262 g/mol. The van der Waals surface area contributed by atoms with E-state index in [0.717, 1.165) is 19.0 Å². The minimum Gasteiger partial charge on any atom is -0.325 e. The maximum Gasteiger partial charge on any atom is 0.238 e. The topological polar surface area (TPSA) is 56.1 Å². The van der Waals surface area contributed by atoms with E-state index in [4.69, 9.17) is 5.26 Å². The molecule has 1 aliphatic rings. The average Bonchev–Trinajstić information content (AvgIpc) is 2.49. The molecule has 1 aliphatic heterocycles. The van der Waals surface area contributed by atoms with Crippen molar-refractivity contribution in [3.63, 3.8) is 0 Å². The number of carbonyl (C=O) groups is 1. The summed E-state index contributed by atoms with van der Waals surface area (Å²) in [6.07, 6.45) is 4.96. The Morgan fingerprint density at radius 1 is 1.43 bits per heavy atom. The summed E-state index contributed by atoms with van der Waals surface area (Å²) in [7, 11) is 0. The summed E-state index contributed by atoms with van der Waals surface area (Å²) in [5.41, 5.74) is 1.26. The fourth-order valence-corrected chi connectivity index (χ4v) is 2.91. The second-order valence-corrected chi connectivity index (χ2v) is 5.75. The summed E-state index contributed by atoms with van der Waals surface area (Å²) in [4.78, 5) is 14.3. The Bertz CT molecular complexity index is 513. The van der Waals surface area contributed by atoms with E-state index in [-0.39, 0.29) is 5.91 Å². The molecule has 4 nitrogen and oxygen atoms in total. The molecule has 112 valence electrons. The largest absolute Gasteiger partial charge is 0.325 e. The lowest BCUT2D eigenvalue weighted by molar-refractivity contribution is -0.117. The van der Waals surface area contributed by atoms with Gasteiger partial charge in [0.2, 0.25) is 5.91 Å². The first-order valence-corrected chi connectivity index (χ1v) is 7.73. The molecule has 1 aromatic rings. The number of nitriles is 1. The first-order valence-electron chi connectivity index (χ1n) is 7.73. The molecule has 1 saturated heterocycles. The number of benzene rings is 1. The molecule has 1 fully saturated rings. The lowest BCUT2D eigenvalue weighted by atomic mass is 9.92. The second-order valence-electron chi connectivity index (χ2n) is 5.75. The molecule has 0 aromatic heterocycles. The number of rotatable bonds is 5. The second kappa shape index (κ2) is 7.80. The van der Waals surface area contributed by atoms with Gasteiger partial charge in [0.25, 0.3) is 0 Å². The third kappa shape index (κ3) is 4.87. The van der Waals surface area contributed by atoms with Crippen LogP contribution in [0.3, 0.4) is 0 Å². The zero-order valence-corrected chi connectivity index (χ0v) is 12.6. The molecular formula is C17H23N3O. The number of nitrogens with zero attached hydrogens (tertiary/aromatic N) is 2. The van der Waals surface area contributed by atoms with Gasteiger partial charge in [-0.3, -0.25) is 9.69 Å². The van der Waals surface area contributed by atoms with Crippen LogP contribution in [0.25, 0.3) is 0 Å². The van der Waals surface area contributed by atoms with Crippen molar-refractivity contribution in [1.82, 2.24) is 4.90 Å². The van der Waals surface area contributed by atoms with Crippen LogP contribution >= 0.6 is 0 Å². The predicted octanol–water partition coefficient (Wildman–Crippen LogP) is 3.01. The van der Waals surface area contributed by atoms with Crippen LogP contribution < -0.4 is 5.32 Å². The van der Waals surface area contributed by atoms with Crippen LogP contribution in [0.5, 0.6) is 0 Å². The van der Waals surface area contributed by atoms with Gasteiger partial charge in [-0.1, -0.05) is 25.8 Å². The summed E-state index contributed by atoms with van der Waals surface area (Å²) in [5, 5.41) is 11.7. The van der Waals surface area contributed by atoms with E-state index in [9.17, 15) is 4.79 Å². The summed E-state index contributed by atoms with van der Waals surface area (Å²) in [6, 6.07) is 9.10. The minimum atomic E-state index is -0.000897. The molecule has 21 heavy (non-hydrogen) atoms. The number of nitrogens with one attached hydrogen (secondary N) is 1. The van der Waals surface area contributed by atoms with Crippen LogP contribution in [0.1, 0.15) is 38.2 Å². The van der Waals surface area contributed by atoms with E-state index >= 15 is 0 Å². The number of hydrogen-bond acceptors (Lipinski definition) is 3. The predicted molar refractivity (Wildman–Crippen MR) is 83.9 cm³/mol. The smallest absolute Gasteiger partial charge is 0.238 e. The van der Waals surface area contributed by atoms with E-state index < -0.39 is 0 Å². The Kier molecular flexibility index (Phi) is 5.77. The molecule has 0 unspecified atom stereocenters. The van der Waals surface area contributed by atoms with Crippen molar-refractivity contribution in [2.45, 2.75) is 32.6 Å². The quantitative estimate of drug-likeness (QED) is 0.904. The Hall–Kier alpha value is -1.86. The monoisotopic (exact) mass is 285 g/mol. The van der Waals surface area contributed by atoms with Gasteiger partial charge in [-0.15, -0.1) is 0 Å². The number of anilines is 1. The minimum absolute atomic E-state index is 0.000897. The van der Waals surface area contributed by atoms with Gasteiger partial charge in [-0.25, -0.2) is 0 Å². The van der Waals surface area contributed by atoms with Gasteiger partial charge in [0.05, 0.1) is 18.2 Å². The lowest BCUT2D eigenvalue weighted by Crippen LogP contribution is -2.39. The highest BCUT2D eigenvalue weighted by Gasteiger charge is 2.20. The third-order valence-corrected chi connectivity index (χ3v) is 4.05. The number of hydrogen-bond donors (Lipinski definition) is 1. The van der Waals surface area contributed by atoms with Crippen molar-refractivity contribution in [3.8, 4) is 6.07 Å². The number of piperidine rings is 1. The van der Waals surface area contributed by atoms with Gasteiger partial charge < -0.3 is 5.32 Å². The van der Waals surface area contributed by atoms with E-state index in [1.807, 2.05) is 6.07 Å². The molecule has 0 radical (unpaired) electrons. The van der Waals surface area contributed by atoms with Gasteiger partial charge in [0.15, 0.2) is 0 Å². The first kappa shape index (κ1) is 15.5.